The molecule has 0 aromatic rings. The molecule has 0 fully saturated rings. The Morgan fingerprint density at radius 1 is 1.06 bits per heavy atom. The maximum atomic E-state index is 7.50. The topological polar surface area (TPSA) is 59.7 Å². The smallest absolute Gasteiger partial charge is 0 e. The Hall–Kier alpha value is -0.781. The van der Waals surface area contributed by atoms with Gasteiger partial charge in [-0.05, 0) is 26.2 Å². The molecule has 4 heteroatoms. The normalized spacial score (nSPS) is 15.7. The fraction of sp³-hybridized carbons (Fsp3) is 0.417. The summed E-state index contributed by atoms with van der Waals surface area (Å²) in [5.41, 5.74) is 2.94. The Morgan fingerprint density at radius 3 is 1.69 bits per heavy atom. The molecule has 0 heterocycles. The molecule has 0 bridgehead atoms. The van der Waals surface area contributed by atoms with Crippen molar-refractivity contribution in [2.45, 2.75) is 27.2 Å². The zero-order valence-electron chi connectivity index (χ0n) is 9.52. The second-order valence-corrected chi connectivity index (χ2v) is 3.08. The maximum absolute atomic E-state index is 7.50. The van der Waals surface area contributed by atoms with Crippen LogP contribution in [0.4, 0.5) is 0 Å². The molecule has 0 amide bonds. The van der Waals surface area contributed by atoms with Crippen LogP contribution in [0, 0.1) is 25.9 Å². The molecule has 0 N–H and O–H groups in total. The summed E-state index contributed by atoms with van der Waals surface area (Å²) in [5, 5.41) is 0. The fourth-order valence-electron chi connectivity index (χ4n) is 1.51. The summed E-state index contributed by atoms with van der Waals surface area (Å²) in [4.78, 5) is 0. The predicted molar refractivity (Wildman–Crippen MR) is 53.1 cm³/mol. The third kappa shape index (κ3) is 15.7. The van der Waals surface area contributed by atoms with Gasteiger partial charge in [0.05, 0.1) is 0 Å². The van der Waals surface area contributed by atoms with Crippen molar-refractivity contribution >= 4 is 0 Å². The molecule has 1 aliphatic carbocycles. The first-order chi connectivity index (χ1) is 7.18. The summed E-state index contributed by atoms with van der Waals surface area (Å²) in [6.45, 7) is 20.1. The van der Waals surface area contributed by atoms with E-state index in [9.17, 15) is 0 Å². The van der Waals surface area contributed by atoms with Crippen LogP contribution in [-0.4, -0.2) is 0 Å². The third-order valence-electron chi connectivity index (χ3n) is 1.67. The van der Waals surface area contributed by atoms with Crippen molar-refractivity contribution in [3.8, 4) is 0 Å². The molecule has 0 aromatic heterocycles. The van der Waals surface area contributed by atoms with Crippen molar-refractivity contribution in [2.24, 2.45) is 5.92 Å². The summed E-state index contributed by atoms with van der Waals surface area (Å²) in [6.07, 6.45) is 5.84. The summed E-state index contributed by atoms with van der Waals surface area (Å²) >= 11 is 0. The van der Waals surface area contributed by atoms with Crippen LogP contribution < -0.4 is 0 Å². The molecule has 16 heavy (non-hydrogen) atoms. The van der Waals surface area contributed by atoms with Gasteiger partial charge in [0.15, 0.2) is 0 Å². The average Bonchev–Trinajstić information content (AvgIpc) is 2.24. The van der Waals surface area contributed by atoms with Crippen LogP contribution in [0.5, 0.6) is 0 Å². The first-order valence-corrected chi connectivity index (χ1v) is 4.15. The van der Waals surface area contributed by atoms with Crippen LogP contribution >= 0.6 is 0 Å². The summed E-state index contributed by atoms with van der Waals surface area (Å²) in [7, 11) is 0. The van der Waals surface area contributed by atoms with Crippen molar-refractivity contribution in [1.82, 2.24) is 0 Å². The molecule has 0 radical (unpaired) electrons. The SMILES string of the molecule is CC1=C[C@H](C)CC(C)=C1.[C-]#[O+].[C-]#[O+].[C-]#[O+].[Fe]. The summed E-state index contributed by atoms with van der Waals surface area (Å²) in [6, 6.07) is 0. The molecular formula is C12H14FeO3. The van der Waals surface area contributed by atoms with Crippen molar-refractivity contribution < 1.29 is 31.0 Å². The van der Waals surface area contributed by atoms with E-state index < -0.39 is 0 Å². The van der Waals surface area contributed by atoms with E-state index in [0.717, 1.165) is 5.92 Å². The first-order valence-electron chi connectivity index (χ1n) is 4.15. The van der Waals surface area contributed by atoms with E-state index in [0.29, 0.717) is 0 Å². The molecule has 1 aliphatic rings. The van der Waals surface area contributed by atoms with E-state index in [2.05, 4.69) is 52.9 Å². The zero-order valence-corrected chi connectivity index (χ0v) is 10.6. The molecule has 0 spiro atoms. The van der Waals surface area contributed by atoms with Gasteiger partial charge in [-0.2, -0.15) is 0 Å². The van der Waals surface area contributed by atoms with E-state index in [1.807, 2.05) is 0 Å². The van der Waals surface area contributed by atoms with E-state index in [1.54, 1.807) is 0 Å². The Labute approximate surface area is 108 Å². The van der Waals surface area contributed by atoms with Gasteiger partial charge in [-0.25, -0.2) is 0 Å². The minimum atomic E-state index is 0. The number of rotatable bonds is 0. The van der Waals surface area contributed by atoms with E-state index in [1.165, 1.54) is 17.6 Å². The minimum Gasteiger partial charge on any atom is 0 e. The summed E-state index contributed by atoms with van der Waals surface area (Å²) in [5.74, 6) is 0.759. The average molecular weight is 262 g/mol. The molecule has 0 unspecified atom stereocenters. The van der Waals surface area contributed by atoms with Gasteiger partial charge in [-0.3, -0.25) is 0 Å². The van der Waals surface area contributed by atoms with Crippen molar-refractivity contribution in [2.75, 3.05) is 0 Å². The van der Waals surface area contributed by atoms with Gasteiger partial charge in [-0.15, -0.1) is 0 Å². The van der Waals surface area contributed by atoms with Crippen LogP contribution in [0.15, 0.2) is 23.3 Å². The molecular weight excluding hydrogens is 248 g/mol. The molecule has 0 aromatic carbocycles. The van der Waals surface area contributed by atoms with Gasteiger partial charge in [0.2, 0.25) is 0 Å². The Bertz CT molecular complexity index is 257. The second-order valence-electron chi connectivity index (χ2n) is 3.08. The quantitative estimate of drug-likeness (QED) is 0.366. The molecule has 1 atom stereocenters. The van der Waals surface area contributed by atoms with Crippen molar-refractivity contribution in [3.63, 3.8) is 0 Å². The van der Waals surface area contributed by atoms with E-state index in [4.69, 9.17) is 14.0 Å². The minimum absolute atomic E-state index is 0. The molecule has 0 saturated carbocycles. The van der Waals surface area contributed by atoms with E-state index >= 15 is 0 Å². The van der Waals surface area contributed by atoms with E-state index in [-0.39, 0.29) is 17.1 Å². The zero-order chi connectivity index (χ0) is 12.9. The fourth-order valence-corrected chi connectivity index (χ4v) is 1.51. The third-order valence-corrected chi connectivity index (χ3v) is 1.67. The van der Waals surface area contributed by atoms with Crippen LogP contribution in [0.1, 0.15) is 27.2 Å². The first kappa shape index (κ1) is 24.4. The standard InChI is InChI=1S/C9H14.3CO.Fe/c1-7-4-8(2)6-9(3)5-7;3*1-2;/h4-5,8H,6H2,1-3H3;;;;/t8-;;;;/m0..../s1. The van der Waals surface area contributed by atoms with Gasteiger partial charge < -0.3 is 0 Å². The molecule has 0 saturated heterocycles. The van der Waals surface area contributed by atoms with Crippen molar-refractivity contribution in [1.29, 1.82) is 0 Å². The Kier molecular flexibility index (Phi) is 30.2. The van der Waals surface area contributed by atoms with Crippen LogP contribution in [0.25, 0.3) is 0 Å². The summed E-state index contributed by atoms with van der Waals surface area (Å²) < 4.78 is 22.5. The predicted octanol–water partition coefficient (Wildman–Crippen LogP) is 2.80. The maximum Gasteiger partial charge on any atom is 0 e. The monoisotopic (exact) mass is 262 g/mol. The number of hydrogen-bond acceptors (Lipinski definition) is 0. The molecule has 3 nitrogen and oxygen atoms in total. The van der Waals surface area contributed by atoms with Gasteiger partial charge >= 0.3 is 33.9 Å². The number of hydrogen-bond donors (Lipinski definition) is 0. The second kappa shape index (κ2) is 19.7. The Morgan fingerprint density at radius 2 is 1.44 bits per heavy atom. The van der Waals surface area contributed by atoms with Gasteiger partial charge in [0.25, 0.3) is 0 Å². The molecule has 0 aliphatic heterocycles. The van der Waals surface area contributed by atoms with Gasteiger partial charge in [0.1, 0.15) is 0 Å². The van der Waals surface area contributed by atoms with Crippen LogP contribution in [-0.2, 0) is 31.0 Å². The van der Waals surface area contributed by atoms with Crippen LogP contribution in [0.3, 0.4) is 0 Å². The molecule has 1 rings (SSSR count). The largest absolute Gasteiger partial charge is 0 e. The van der Waals surface area contributed by atoms with Gasteiger partial charge in [0, 0.05) is 17.1 Å². The number of allylic oxidation sites excluding steroid dienone is 4. The van der Waals surface area contributed by atoms with Crippen molar-refractivity contribution in [3.05, 3.63) is 43.2 Å². The Balaban J connectivity index is -0.0000000900. The van der Waals surface area contributed by atoms with Crippen LogP contribution in [0.2, 0.25) is 0 Å². The molecule has 88 valence electrons. The van der Waals surface area contributed by atoms with Gasteiger partial charge in [-0.1, -0.05) is 30.2 Å².